The Kier molecular flexibility index (Phi) is 6.41. The molecule has 1 aromatic heterocycles. The van der Waals surface area contributed by atoms with Crippen LogP contribution in [0.15, 0.2) is 48.5 Å². The number of benzene rings is 2. The summed E-state index contributed by atoms with van der Waals surface area (Å²) in [6, 6.07) is 15.3. The Hall–Kier alpha value is -3.72. The molecule has 0 fully saturated rings. The van der Waals surface area contributed by atoms with Gasteiger partial charge in [0.1, 0.15) is 17.7 Å². The fraction of sp³-hybridized carbons (Fsp3) is 0.250. The molecule has 2 aromatic carbocycles. The molecule has 4 rings (SSSR count). The highest BCUT2D eigenvalue weighted by Gasteiger charge is 2.29. The predicted octanol–water partition coefficient (Wildman–Crippen LogP) is 3.69. The number of fused-ring (bicyclic) bond motifs is 3. The van der Waals surface area contributed by atoms with Crippen molar-refractivity contribution in [1.29, 1.82) is 0 Å². The summed E-state index contributed by atoms with van der Waals surface area (Å²) in [6.45, 7) is 3.44. The van der Waals surface area contributed by atoms with Crippen LogP contribution in [0.1, 0.15) is 44.3 Å². The molecule has 0 aliphatic heterocycles. The van der Waals surface area contributed by atoms with E-state index in [4.69, 9.17) is 9.84 Å². The second-order valence-electron chi connectivity index (χ2n) is 7.73. The lowest BCUT2D eigenvalue weighted by atomic mass is 9.98. The average molecular weight is 466 g/mol. The van der Waals surface area contributed by atoms with Crippen molar-refractivity contribution in [3.8, 4) is 11.1 Å². The van der Waals surface area contributed by atoms with Crippen molar-refractivity contribution in [1.82, 2.24) is 15.6 Å². The van der Waals surface area contributed by atoms with Crippen LogP contribution in [-0.4, -0.2) is 40.7 Å². The number of amides is 2. The number of hydrogen-bond donors (Lipinski definition) is 3. The van der Waals surface area contributed by atoms with Crippen molar-refractivity contribution in [3.05, 3.63) is 75.2 Å². The minimum atomic E-state index is -1.10. The van der Waals surface area contributed by atoms with Crippen LogP contribution in [0.25, 0.3) is 11.1 Å². The Morgan fingerprint density at radius 3 is 2.27 bits per heavy atom. The molecule has 1 aliphatic rings. The molecule has 0 saturated carbocycles. The second kappa shape index (κ2) is 9.41. The number of nitrogens with one attached hydrogen (secondary N) is 2. The summed E-state index contributed by atoms with van der Waals surface area (Å²) in [5.74, 6) is -1.59. The highest BCUT2D eigenvalue weighted by molar-refractivity contribution is 7.11. The molecule has 1 unspecified atom stereocenters. The Labute approximate surface area is 194 Å². The number of aromatic nitrogens is 1. The molecule has 0 bridgehead atoms. The molecule has 3 aromatic rings. The summed E-state index contributed by atoms with van der Waals surface area (Å²) in [6.07, 6.45) is -0.683. The summed E-state index contributed by atoms with van der Waals surface area (Å²) in [7, 11) is 0. The molecule has 33 heavy (non-hydrogen) atoms. The van der Waals surface area contributed by atoms with E-state index in [1.54, 1.807) is 13.8 Å². The van der Waals surface area contributed by atoms with Gasteiger partial charge in [-0.25, -0.2) is 14.6 Å². The number of carboxylic acid groups (broad SMARTS) is 1. The summed E-state index contributed by atoms with van der Waals surface area (Å²) in [5, 5.41) is 14.7. The normalized spacial score (nSPS) is 13.0. The van der Waals surface area contributed by atoms with Gasteiger partial charge in [0.25, 0.3) is 0 Å². The fourth-order valence-corrected chi connectivity index (χ4v) is 4.79. The molecule has 0 radical (unpaired) electrons. The standard InChI is InChI=1S/C24H23N3O5S/c1-13(22(28)25-11-20-27-21(23(29)30)14(2)33-20)26-24(31)32-12-19-17-9-5-3-7-15(17)16-8-4-6-10-18(16)19/h3-10,13,19H,11-12H2,1-2H3,(H,25,28)(H,26,31)(H,29,30). The van der Waals surface area contributed by atoms with Crippen molar-refractivity contribution in [3.63, 3.8) is 0 Å². The Bertz CT molecular complexity index is 1180. The molecular formula is C24H23N3O5S. The zero-order chi connectivity index (χ0) is 23.5. The van der Waals surface area contributed by atoms with Crippen molar-refractivity contribution in [2.45, 2.75) is 32.4 Å². The number of carbonyl (C=O) groups excluding carboxylic acids is 2. The van der Waals surface area contributed by atoms with Crippen molar-refractivity contribution < 1.29 is 24.2 Å². The number of thiazole rings is 1. The molecule has 3 N–H and O–H groups in total. The molecule has 2 amide bonds. The Balaban J connectivity index is 1.30. The number of nitrogens with zero attached hydrogens (tertiary/aromatic N) is 1. The molecule has 0 spiro atoms. The monoisotopic (exact) mass is 465 g/mol. The van der Waals surface area contributed by atoms with Gasteiger partial charge in [-0.3, -0.25) is 4.79 Å². The number of ether oxygens (including phenoxy) is 1. The fourth-order valence-electron chi connectivity index (χ4n) is 3.92. The number of aryl methyl sites for hydroxylation is 1. The van der Waals surface area contributed by atoms with E-state index in [1.807, 2.05) is 36.4 Å². The maximum absolute atomic E-state index is 12.3. The van der Waals surface area contributed by atoms with Gasteiger partial charge in [-0.2, -0.15) is 0 Å². The molecule has 1 heterocycles. The number of alkyl carbamates (subject to hydrolysis) is 1. The van der Waals surface area contributed by atoms with Gasteiger partial charge in [0.2, 0.25) is 5.91 Å². The lowest BCUT2D eigenvalue weighted by Crippen LogP contribution is -2.45. The molecule has 9 heteroatoms. The first-order chi connectivity index (χ1) is 15.8. The smallest absolute Gasteiger partial charge is 0.407 e. The largest absolute Gasteiger partial charge is 0.476 e. The maximum atomic E-state index is 12.3. The topological polar surface area (TPSA) is 118 Å². The lowest BCUT2D eigenvalue weighted by molar-refractivity contribution is -0.122. The van der Waals surface area contributed by atoms with Crippen LogP contribution in [0.3, 0.4) is 0 Å². The number of aromatic carboxylic acids is 1. The van der Waals surface area contributed by atoms with Gasteiger partial charge in [-0.05, 0) is 36.1 Å². The van der Waals surface area contributed by atoms with Gasteiger partial charge in [0, 0.05) is 10.8 Å². The molecular weight excluding hydrogens is 442 g/mol. The number of carboxylic acids is 1. The number of carbonyl (C=O) groups is 3. The van der Waals surface area contributed by atoms with Gasteiger partial charge < -0.3 is 20.5 Å². The van der Waals surface area contributed by atoms with Crippen LogP contribution >= 0.6 is 11.3 Å². The van der Waals surface area contributed by atoms with E-state index >= 15 is 0 Å². The zero-order valence-electron chi connectivity index (χ0n) is 18.1. The third kappa shape index (κ3) is 4.73. The minimum absolute atomic E-state index is 0.0194. The van der Waals surface area contributed by atoms with Gasteiger partial charge in [-0.15, -0.1) is 11.3 Å². The van der Waals surface area contributed by atoms with Crippen LogP contribution < -0.4 is 10.6 Å². The van der Waals surface area contributed by atoms with E-state index in [0.29, 0.717) is 9.88 Å². The SMILES string of the molecule is Cc1sc(CNC(=O)C(C)NC(=O)OCC2c3ccccc3-c3ccccc32)nc1C(=O)O. The Morgan fingerprint density at radius 2 is 1.70 bits per heavy atom. The first-order valence-corrected chi connectivity index (χ1v) is 11.3. The average Bonchev–Trinajstić information content (AvgIpc) is 3.33. The van der Waals surface area contributed by atoms with E-state index in [-0.39, 0.29) is 24.8 Å². The first kappa shape index (κ1) is 22.5. The zero-order valence-corrected chi connectivity index (χ0v) is 18.9. The molecule has 1 aliphatic carbocycles. The minimum Gasteiger partial charge on any atom is -0.476 e. The van der Waals surface area contributed by atoms with E-state index < -0.39 is 24.0 Å². The van der Waals surface area contributed by atoms with Gasteiger partial charge >= 0.3 is 12.1 Å². The summed E-state index contributed by atoms with van der Waals surface area (Å²) < 4.78 is 5.46. The van der Waals surface area contributed by atoms with Crippen LogP contribution in [-0.2, 0) is 16.1 Å². The van der Waals surface area contributed by atoms with Crippen LogP contribution in [0.5, 0.6) is 0 Å². The highest BCUT2D eigenvalue weighted by atomic mass is 32.1. The van der Waals surface area contributed by atoms with Gasteiger partial charge in [-0.1, -0.05) is 48.5 Å². The second-order valence-corrected chi connectivity index (χ2v) is 9.01. The Morgan fingerprint density at radius 1 is 1.09 bits per heavy atom. The van der Waals surface area contributed by atoms with Gasteiger partial charge in [0.15, 0.2) is 5.69 Å². The van der Waals surface area contributed by atoms with Crippen LogP contribution in [0.4, 0.5) is 4.79 Å². The third-order valence-corrected chi connectivity index (χ3v) is 6.50. The molecule has 170 valence electrons. The maximum Gasteiger partial charge on any atom is 0.407 e. The van der Waals surface area contributed by atoms with Crippen molar-refractivity contribution in [2.75, 3.05) is 6.61 Å². The van der Waals surface area contributed by atoms with E-state index in [0.717, 1.165) is 22.3 Å². The summed E-state index contributed by atoms with van der Waals surface area (Å²) in [5.41, 5.74) is 4.47. The molecule has 8 nitrogen and oxygen atoms in total. The van der Waals surface area contributed by atoms with Crippen LogP contribution in [0, 0.1) is 6.92 Å². The molecule has 1 atom stereocenters. The van der Waals surface area contributed by atoms with E-state index in [9.17, 15) is 14.4 Å². The van der Waals surface area contributed by atoms with E-state index in [1.165, 1.54) is 11.3 Å². The van der Waals surface area contributed by atoms with Crippen LogP contribution in [0.2, 0.25) is 0 Å². The lowest BCUT2D eigenvalue weighted by Gasteiger charge is -2.17. The summed E-state index contributed by atoms with van der Waals surface area (Å²) >= 11 is 1.20. The first-order valence-electron chi connectivity index (χ1n) is 10.4. The third-order valence-electron chi connectivity index (χ3n) is 5.53. The highest BCUT2D eigenvalue weighted by Crippen LogP contribution is 2.44. The quantitative estimate of drug-likeness (QED) is 0.490. The molecule has 0 saturated heterocycles. The summed E-state index contributed by atoms with van der Waals surface area (Å²) in [4.78, 5) is 40.4. The number of hydrogen-bond acceptors (Lipinski definition) is 6. The van der Waals surface area contributed by atoms with Crippen molar-refractivity contribution in [2.24, 2.45) is 0 Å². The van der Waals surface area contributed by atoms with Gasteiger partial charge in [0.05, 0.1) is 6.54 Å². The predicted molar refractivity (Wildman–Crippen MR) is 123 cm³/mol. The van der Waals surface area contributed by atoms with E-state index in [2.05, 4.69) is 27.8 Å². The van der Waals surface area contributed by atoms with Crippen molar-refractivity contribution >= 4 is 29.3 Å². The number of rotatable bonds is 7.